The summed E-state index contributed by atoms with van der Waals surface area (Å²) in [6, 6.07) is 26.3. The molecule has 0 unspecified atom stereocenters. The van der Waals surface area contributed by atoms with E-state index < -0.39 is 36.2 Å². The Labute approximate surface area is 246 Å². The molecule has 0 aliphatic heterocycles. The van der Waals surface area contributed by atoms with Gasteiger partial charge in [0.1, 0.15) is 5.60 Å². The van der Waals surface area contributed by atoms with Crippen molar-refractivity contribution in [2.75, 3.05) is 13.2 Å². The highest BCUT2D eigenvalue weighted by Crippen LogP contribution is 2.36. The second-order valence-electron chi connectivity index (χ2n) is 12.2. The lowest BCUT2D eigenvalue weighted by Crippen LogP contribution is -2.66. The minimum atomic E-state index is -4.03. The molecule has 0 saturated heterocycles. The molecule has 3 aromatic carbocycles. The van der Waals surface area contributed by atoms with Crippen molar-refractivity contribution < 1.29 is 26.6 Å². The number of carbonyl (C=O) groups excluding carboxylic acids is 1. The smallest absolute Gasteiger partial charge is 0.407 e. The molecule has 0 radical (unpaired) electrons. The molecular weight excluding hydrogens is 555 g/mol. The van der Waals surface area contributed by atoms with Crippen LogP contribution < -0.4 is 15.7 Å². The lowest BCUT2D eigenvalue weighted by molar-refractivity contribution is 0.0479. The Morgan fingerprint density at radius 3 is 1.80 bits per heavy atom. The van der Waals surface area contributed by atoms with E-state index in [1.165, 1.54) is 12.1 Å². The van der Waals surface area contributed by atoms with Gasteiger partial charge in [0.05, 0.1) is 17.5 Å². The van der Waals surface area contributed by atoms with Gasteiger partial charge in [-0.3, -0.25) is 4.18 Å². The van der Waals surface area contributed by atoms with Crippen molar-refractivity contribution in [2.45, 2.75) is 76.5 Å². The van der Waals surface area contributed by atoms with Crippen LogP contribution in [0.1, 0.15) is 53.5 Å². The van der Waals surface area contributed by atoms with Gasteiger partial charge < -0.3 is 14.5 Å². The van der Waals surface area contributed by atoms with Crippen LogP contribution in [0, 0.1) is 6.92 Å². The number of hydrogen-bond donors (Lipinski definition) is 1. The Bertz CT molecular complexity index is 1330. The minimum absolute atomic E-state index is 0.0580. The number of ether oxygens (including phenoxy) is 1. The maximum absolute atomic E-state index is 12.9. The number of nitrogens with one attached hydrogen (secondary N) is 1. The number of alkyl carbamates (subject to hydrolysis) is 1. The van der Waals surface area contributed by atoms with Crippen LogP contribution in [0.2, 0.25) is 5.04 Å². The first kappa shape index (κ1) is 32.5. The lowest BCUT2D eigenvalue weighted by atomic mass is 10.2. The fourth-order valence-electron chi connectivity index (χ4n) is 4.73. The van der Waals surface area contributed by atoms with Crippen LogP contribution in [0.3, 0.4) is 0 Å². The summed E-state index contributed by atoms with van der Waals surface area (Å²) in [7, 11) is -6.84. The van der Waals surface area contributed by atoms with Gasteiger partial charge in [-0.05, 0) is 61.7 Å². The molecule has 0 aromatic heterocycles. The van der Waals surface area contributed by atoms with Crippen LogP contribution in [0.15, 0.2) is 89.8 Å². The molecule has 9 heteroatoms. The first-order valence-corrected chi connectivity index (χ1v) is 17.2. The third kappa shape index (κ3) is 8.75. The number of amides is 1. The van der Waals surface area contributed by atoms with Gasteiger partial charge in [0.15, 0.2) is 0 Å². The fourth-order valence-corrected chi connectivity index (χ4v) is 10.3. The van der Waals surface area contributed by atoms with Crippen LogP contribution in [0.4, 0.5) is 4.79 Å². The van der Waals surface area contributed by atoms with Gasteiger partial charge in [-0.25, -0.2) is 4.79 Å². The van der Waals surface area contributed by atoms with Gasteiger partial charge in [0.25, 0.3) is 18.4 Å². The molecule has 0 bridgehead atoms. The topological polar surface area (TPSA) is 90.9 Å². The molecule has 0 aliphatic carbocycles. The lowest BCUT2D eigenvalue weighted by Gasteiger charge is -2.43. The van der Waals surface area contributed by atoms with E-state index in [0.29, 0.717) is 6.42 Å². The van der Waals surface area contributed by atoms with Crippen LogP contribution in [0.5, 0.6) is 0 Å². The summed E-state index contributed by atoms with van der Waals surface area (Å²) < 4.78 is 43.6. The summed E-state index contributed by atoms with van der Waals surface area (Å²) >= 11 is 0. The molecule has 3 rings (SSSR count). The zero-order chi connectivity index (χ0) is 30.3. The summed E-state index contributed by atoms with van der Waals surface area (Å²) in [5, 5.41) is 4.83. The highest BCUT2D eigenvalue weighted by molar-refractivity contribution is 7.86. The molecule has 1 amide bonds. The minimum Gasteiger partial charge on any atom is -0.444 e. The molecule has 3 aromatic rings. The van der Waals surface area contributed by atoms with Gasteiger partial charge in [0, 0.05) is 6.61 Å². The maximum Gasteiger partial charge on any atom is 0.407 e. The summed E-state index contributed by atoms with van der Waals surface area (Å²) in [4.78, 5) is 12.8. The van der Waals surface area contributed by atoms with Crippen molar-refractivity contribution in [3.63, 3.8) is 0 Å². The summed E-state index contributed by atoms with van der Waals surface area (Å²) in [6.07, 6.45) is -0.336. The Morgan fingerprint density at radius 1 is 0.829 bits per heavy atom. The van der Waals surface area contributed by atoms with Gasteiger partial charge in [-0.15, -0.1) is 0 Å². The van der Waals surface area contributed by atoms with Crippen molar-refractivity contribution in [1.29, 1.82) is 0 Å². The monoisotopic (exact) mass is 597 g/mol. The number of rotatable bonds is 11. The average molecular weight is 598 g/mol. The molecule has 0 heterocycles. The standard InChI is InChI=1S/C32H43NO6SSi/c1-25-18-20-27(21-19-25)40(35,36)37-24-26(33-30(34)39-31(2,3)4)22-23-38-41(32(5,6)7,28-14-10-8-11-15-28)29-16-12-9-13-17-29/h8-21,26H,22-24H2,1-7H3,(H,33,34)/t26-/m0/s1. The molecule has 0 saturated carbocycles. The third-order valence-corrected chi connectivity index (χ3v) is 13.0. The quantitative estimate of drug-likeness (QED) is 0.230. The maximum atomic E-state index is 12.9. The Kier molecular flexibility index (Phi) is 10.6. The molecule has 0 aliphatic rings. The summed E-state index contributed by atoms with van der Waals surface area (Å²) in [5.41, 5.74) is 0.225. The van der Waals surface area contributed by atoms with Crippen LogP contribution in [-0.4, -0.2) is 47.7 Å². The van der Waals surface area contributed by atoms with E-state index in [1.54, 1.807) is 32.9 Å². The highest BCUT2D eigenvalue weighted by Gasteiger charge is 2.50. The molecule has 0 fully saturated rings. The normalized spacial score (nSPS) is 13.4. The van der Waals surface area contributed by atoms with Crippen molar-refractivity contribution in [1.82, 2.24) is 5.32 Å². The summed E-state index contributed by atoms with van der Waals surface area (Å²) in [5.74, 6) is 0. The Morgan fingerprint density at radius 2 is 1.34 bits per heavy atom. The third-order valence-electron chi connectivity index (χ3n) is 6.66. The molecule has 1 N–H and O–H groups in total. The summed E-state index contributed by atoms with van der Waals surface area (Å²) in [6.45, 7) is 13.8. The van der Waals surface area contributed by atoms with E-state index in [-0.39, 0.29) is 23.1 Å². The first-order chi connectivity index (χ1) is 19.1. The highest BCUT2D eigenvalue weighted by atomic mass is 32.2. The predicted octanol–water partition coefficient (Wildman–Crippen LogP) is 5.56. The van der Waals surface area contributed by atoms with E-state index in [9.17, 15) is 13.2 Å². The molecule has 7 nitrogen and oxygen atoms in total. The Balaban J connectivity index is 1.87. The molecule has 0 spiro atoms. The van der Waals surface area contributed by atoms with Gasteiger partial charge >= 0.3 is 6.09 Å². The van der Waals surface area contributed by atoms with Crippen molar-refractivity contribution >= 4 is 34.9 Å². The average Bonchev–Trinajstić information content (AvgIpc) is 2.89. The van der Waals surface area contributed by atoms with E-state index >= 15 is 0 Å². The van der Waals surface area contributed by atoms with Crippen molar-refractivity contribution in [2.24, 2.45) is 0 Å². The van der Waals surface area contributed by atoms with Gasteiger partial charge in [-0.1, -0.05) is 99.1 Å². The number of carbonyl (C=O) groups is 1. The molecule has 1 atom stereocenters. The van der Waals surface area contributed by atoms with E-state index in [1.807, 2.05) is 43.3 Å². The number of aryl methyl sites for hydroxylation is 1. The van der Waals surface area contributed by atoms with Crippen molar-refractivity contribution in [3.05, 3.63) is 90.5 Å². The van der Waals surface area contributed by atoms with Crippen LogP contribution >= 0.6 is 0 Å². The SMILES string of the molecule is Cc1ccc(S(=O)(=O)OC[C@H](CCO[Si](c2ccccc2)(c2ccccc2)C(C)(C)C)NC(=O)OC(C)(C)C)cc1. The second-order valence-corrected chi connectivity index (χ2v) is 18.1. The van der Waals surface area contributed by atoms with Crippen LogP contribution in [-0.2, 0) is 23.5 Å². The number of hydrogen-bond acceptors (Lipinski definition) is 6. The zero-order valence-corrected chi connectivity index (χ0v) is 27.0. The van der Waals surface area contributed by atoms with Crippen LogP contribution in [0.25, 0.3) is 0 Å². The fraction of sp³-hybridized carbons (Fsp3) is 0.406. The predicted molar refractivity (Wildman–Crippen MR) is 166 cm³/mol. The Hall–Kier alpha value is -2.98. The van der Waals surface area contributed by atoms with Gasteiger partial charge in [0.2, 0.25) is 0 Å². The van der Waals surface area contributed by atoms with Crippen molar-refractivity contribution in [3.8, 4) is 0 Å². The molecular formula is C32H43NO6SSi. The second kappa shape index (κ2) is 13.3. The zero-order valence-electron chi connectivity index (χ0n) is 25.1. The largest absolute Gasteiger partial charge is 0.444 e. The van der Waals surface area contributed by atoms with E-state index in [2.05, 4.69) is 50.4 Å². The first-order valence-electron chi connectivity index (χ1n) is 13.8. The molecule has 41 heavy (non-hydrogen) atoms. The van der Waals surface area contributed by atoms with E-state index in [0.717, 1.165) is 15.9 Å². The van der Waals surface area contributed by atoms with Gasteiger partial charge in [-0.2, -0.15) is 8.42 Å². The van der Waals surface area contributed by atoms with E-state index in [4.69, 9.17) is 13.3 Å². The molecule has 222 valence electrons. The number of benzene rings is 3.